The van der Waals surface area contributed by atoms with Crippen molar-refractivity contribution in [1.29, 1.82) is 0 Å². The van der Waals surface area contributed by atoms with Gasteiger partial charge in [0.1, 0.15) is 5.75 Å². The van der Waals surface area contributed by atoms with Crippen molar-refractivity contribution in [3.05, 3.63) is 65.7 Å². The molecular weight excluding hydrogens is 286 g/mol. The van der Waals surface area contributed by atoms with Crippen LogP contribution in [-0.4, -0.2) is 18.6 Å². The second kappa shape index (κ2) is 8.37. The summed E-state index contributed by atoms with van der Waals surface area (Å²) in [5, 5.41) is 3.01. The minimum Gasteiger partial charge on any atom is -0.480 e. The molecule has 1 amide bonds. The minimum atomic E-state index is -0.459. The first-order valence-electron chi connectivity index (χ1n) is 8.16. The van der Waals surface area contributed by atoms with Crippen molar-refractivity contribution in [1.82, 2.24) is 5.32 Å². The lowest BCUT2D eigenvalue weighted by Gasteiger charge is -2.20. The molecule has 0 aliphatic carbocycles. The van der Waals surface area contributed by atoms with Crippen molar-refractivity contribution in [2.45, 2.75) is 39.2 Å². The lowest BCUT2D eigenvalue weighted by atomic mass is 10.0. The Morgan fingerprint density at radius 3 is 2.39 bits per heavy atom. The number of nitrogens with one attached hydrogen (secondary N) is 1. The van der Waals surface area contributed by atoms with Gasteiger partial charge in [-0.1, -0.05) is 62.4 Å². The van der Waals surface area contributed by atoms with E-state index in [0.717, 1.165) is 11.3 Å². The quantitative estimate of drug-likeness (QED) is 0.837. The highest BCUT2D eigenvalue weighted by molar-refractivity contribution is 5.81. The van der Waals surface area contributed by atoms with Gasteiger partial charge >= 0.3 is 0 Å². The number of hydrogen-bond donors (Lipinski definition) is 1. The Morgan fingerprint density at radius 2 is 1.74 bits per heavy atom. The first-order chi connectivity index (χ1) is 11.1. The van der Waals surface area contributed by atoms with Gasteiger partial charge < -0.3 is 10.1 Å². The normalized spacial score (nSPS) is 13.2. The van der Waals surface area contributed by atoms with E-state index >= 15 is 0 Å². The van der Waals surface area contributed by atoms with E-state index in [0.29, 0.717) is 13.0 Å². The number of para-hydroxylation sites is 1. The van der Waals surface area contributed by atoms with Gasteiger partial charge in [0.05, 0.1) is 0 Å². The van der Waals surface area contributed by atoms with Crippen molar-refractivity contribution >= 4 is 5.91 Å². The van der Waals surface area contributed by atoms with Crippen LogP contribution >= 0.6 is 0 Å². The molecule has 0 saturated carbocycles. The molecule has 0 fully saturated rings. The summed E-state index contributed by atoms with van der Waals surface area (Å²) in [4.78, 5) is 12.4. The second-order valence-electron chi connectivity index (χ2n) is 5.84. The fourth-order valence-corrected chi connectivity index (χ4v) is 2.43. The summed E-state index contributed by atoms with van der Waals surface area (Å²) >= 11 is 0. The third-order valence-corrected chi connectivity index (χ3v) is 3.98. The monoisotopic (exact) mass is 311 g/mol. The lowest BCUT2D eigenvalue weighted by molar-refractivity contribution is -0.128. The van der Waals surface area contributed by atoms with Crippen molar-refractivity contribution in [2.24, 2.45) is 0 Å². The van der Waals surface area contributed by atoms with E-state index < -0.39 is 6.10 Å². The van der Waals surface area contributed by atoms with Gasteiger partial charge in [0.25, 0.3) is 5.91 Å². The van der Waals surface area contributed by atoms with Crippen molar-refractivity contribution in [3.8, 4) is 5.75 Å². The van der Waals surface area contributed by atoms with Gasteiger partial charge in [0.2, 0.25) is 0 Å². The molecule has 3 nitrogen and oxygen atoms in total. The highest BCUT2D eigenvalue weighted by atomic mass is 16.5. The largest absolute Gasteiger partial charge is 0.480 e. The molecule has 1 N–H and O–H groups in total. The number of benzene rings is 2. The molecule has 2 aromatic rings. The molecule has 0 radical (unpaired) electrons. The molecule has 0 aromatic heterocycles. The molecular formula is C20H25NO2. The maximum atomic E-state index is 12.4. The third kappa shape index (κ3) is 4.85. The number of carbonyl (C=O) groups excluding carboxylic acids is 1. The van der Waals surface area contributed by atoms with Gasteiger partial charge in [-0.3, -0.25) is 4.79 Å². The van der Waals surface area contributed by atoms with Crippen LogP contribution in [0, 0.1) is 6.92 Å². The minimum absolute atomic E-state index is 0.0569. The van der Waals surface area contributed by atoms with E-state index in [2.05, 4.69) is 24.4 Å². The van der Waals surface area contributed by atoms with Crippen molar-refractivity contribution in [3.63, 3.8) is 0 Å². The van der Waals surface area contributed by atoms with Crippen LogP contribution in [0.4, 0.5) is 0 Å². The van der Waals surface area contributed by atoms with E-state index in [1.54, 1.807) is 0 Å². The van der Waals surface area contributed by atoms with E-state index in [1.807, 2.05) is 56.3 Å². The van der Waals surface area contributed by atoms with Gasteiger partial charge in [-0.15, -0.1) is 0 Å². The van der Waals surface area contributed by atoms with Gasteiger partial charge in [0, 0.05) is 6.54 Å². The SMILES string of the molecule is CC[C@H](Oc1ccccc1C)C(=O)NC[C@@H](C)c1ccccc1. The topological polar surface area (TPSA) is 38.3 Å². The summed E-state index contributed by atoms with van der Waals surface area (Å²) < 4.78 is 5.88. The number of hydrogen-bond acceptors (Lipinski definition) is 2. The summed E-state index contributed by atoms with van der Waals surface area (Å²) in [7, 11) is 0. The number of ether oxygens (including phenoxy) is 1. The predicted molar refractivity (Wildman–Crippen MR) is 93.8 cm³/mol. The van der Waals surface area contributed by atoms with Crippen LogP contribution in [0.5, 0.6) is 5.75 Å². The van der Waals surface area contributed by atoms with Crippen LogP contribution in [0.25, 0.3) is 0 Å². The molecule has 0 spiro atoms. The molecule has 3 heteroatoms. The smallest absolute Gasteiger partial charge is 0.261 e. The van der Waals surface area contributed by atoms with E-state index in [4.69, 9.17) is 4.74 Å². The summed E-state index contributed by atoms with van der Waals surface area (Å²) in [5.41, 5.74) is 2.26. The summed E-state index contributed by atoms with van der Waals surface area (Å²) in [6.45, 7) is 6.66. The molecule has 122 valence electrons. The molecule has 2 rings (SSSR count). The fourth-order valence-electron chi connectivity index (χ4n) is 2.43. The first-order valence-corrected chi connectivity index (χ1v) is 8.16. The van der Waals surface area contributed by atoms with Gasteiger partial charge in [-0.25, -0.2) is 0 Å². The van der Waals surface area contributed by atoms with Crippen LogP contribution < -0.4 is 10.1 Å². The predicted octanol–water partition coefficient (Wildman–Crippen LogP) is 4.07. The first kappa shape index (κ1) is 17.1. The third-order valence-electron chi connectivity index (χ3n) is 3.98. The molecule has 23 heavy (non-hydrogen) atoms. The molecule has 0 bridgehead atoms. The summed E-state index contributed by atoms with van der Waals surface area (Å²) in [6, 6.07) is 18.0. The van der Waals surface area contributed by atoms with Crippen LogP contribution in [0.1, 0.15) is 37.3 Å². The van der Waals surface area contributed by atoms with Crippen LogP contribution in [0.15, 0.2) is 54.6 Å². The Kier molecular flexibility index (Phi) is 6.21. The zero-order valence-corrected chi connectivity index (χ0v) is 14.1. The summed E-state index contributed by atoms with van der Waals surface area (Å²) in [5.74, 6) is 0.986. The Bertz CT molecular complexity index is 625. The summed E-state index contributed by atoms with van der Waals surface area (Å²) in [6.07, 6.45) is 0.180. The Hall–Kier alpha value is -2.29. The van der Waals surface area contributed by atoms with Crippen LogP contribution in [-0.2, 0) is 4.79 Å². The standard InChI is InChI=1S/C20H25NO2/c1-4-18(23-19-13-9-8-10-15(19)2)20(22)21-14-16(3)17-11-6-5-7-12-17/h5-13,16,18H,4,14H2,1-3H3,(H,21,22)/t16-,18+/m1/s1. The molecule has 0 aliphatic heterocycles. The van der Waals surface area contributed by atoms with Gasteiger partial charge in [0.15, 0.2) is 6.10 Å². The Balaban J connectivity index is 1.91. The number of rotatable bonds is 7. The van der Waals surface area contributed by atoms with Gasteiger partial charge in [-0.05, 0) is 36.5 Å². The van der Waals surface area contributed by atoms with E-state index in [1.165, 1.54) is 5.56 Å². The average Bonchev–Trinajstić information content (AvgIpc) is 2.59. The molecule has 0 heterocycles. The Morgan fingerprint density at radius 1 is 1.09 bits per heavy atom. The maximum Gasteiger partial charge on any atom is 0.261 e. The molecule has 2 aromatic carbocycles. The average molecular weight is 311 g/mol. The molecule has 2 atom stereocenters. The van der Waals surface area contributed by atoms with Crippen molar-refractivity contribution < 1.29 is 9.53 Å². The zero-order valence-electron chi connectivity index (χ0n) is 14.1. The number of amides is 1. The van der Waals surface area contributed by atoms with E-state index in [9.17, 15) is 4.79 Å². The van der Waals surface area contributed by atoms with Crippen LogP contribution in [0.3, 0.4) is 0 Å². The zero-order chi connectivity index (χ0) is 16.7. The molecule has 0 saturated heterocycles. The highest BCUT2D eigenvalue weighted by Crippen LogP contribution is 2.19. The van der Waals surface area contributed by atoms with Gasteiger partial charge in [-0.2, -0.15) is 0 Å². The lowest BCUT2D eigenvalue weighted by Crippen LogP contribution is -2.39. The molecule has 0 unspecified atom stereocenters. The second-order valence-corrected chi connectivity index (χ2v) is 5.84. The van der Waals surface area contributed by atoms with Crippen molar-refractivity contribution in [2.75, 3.05) is 6.54 Å². The fraction of sp³-hybridized carbons (Fsp3) is 0.350. The molecule has 0 aliphatic rings. The Labute approximate surface area is 138 Å². The maximum absolute atomic E-state index is 12.4. The van der Waals surface area contributed by atoms with E-state index in [-0.39, 0.29) is 11.8 Å². The number of aryl methyl sites for hydroxylation is 1. The van der Waals surface area contributed by atoms with Crippen LogP contribution in [0.2, 0.25) is 0 Å². The number of carbonyl (C=O) groups is 1. The highest BCUT2D eigenvalue weighted by Gasteiger charge is 2.19.